The van der Waals surface area contributed by atoms with Gasteiger partial charge in [0.2, 0.25) is 5.91 Å². The van der Waals surface area contributed by atoms with Crippen molar-refractivity contribution in [2.45, 2.75) is 13.0 Å². The van der Waals surface area contributed by atoms with Crippen LogP contribution in [0.5, 0.6) is 0 Å². The van der Waals surface area contributed by atoms with E-state index in [1.165, 1.54) is 12.1 Å². The minimum Gasteiger partial charge on any atom is -0.366 e. The van der Waals surface area contributed by atoms with Crippen molar-refractivity contribution in [2.24, 2.45) is 5.73 Å². The number of carbonyl (C=O) groups excluding carboxylic acids is 2. The first kappa shape index (κ1) is 23.5. The van der Waals surface area contributed by atoms with Crippen LogP contribution < -0.4 is 10.6 Å². The van der Waals surface area contributed by atoms with E-state index in [-0.39, 0.29) is 22.5 Å². The number of nitrogens with two attached hydrogens (primary N) is 1. The second kappa shape index (κ2) is 10.1. The van der Waals surface area contributed by atoms with Gasteiger partial charge in [-0.3, -0.25) is 14.6 Å². The molecule has 1 aromatic heterocycles. The number of anilines is 1. The van der Waals surface area contributed by atoms with Gasteiger partial charge in [0.25, 0.3) is 5.91 Å². The molecule has 0 saturated carbocycles. The summed E-state index contributed by atoms with van der Waals surface area (Å²) in [6, 6.07) is 24.8. The largest absolute Gasteiger partial charge is 0.366 e. The lowest BCUT2D eigenvalue weighted by atomic mass is 10.0. The van der Waals surface area contributed by atoms with E-state index in [0.717, 1.165) is 5.56 Å². The minimum absolute atomic E-state index is 0.121. The van der Waals surface area contributed by atoms with Gasteiger partial charge < -0.3 is 10.6 Å². The Bertz CT molecular complexity index is 1340. The normalized spacial score (nSPS) is 11.6. The Labute approximate surface area is 207 Å². The van der Waals surface area contributed by atoms with Crippen molar-refractivity contribution in [3.63, 3.8) is 0 Å². The fourth-order valence-electron chi connectivity index (χ4n) is 3.77. The Balaban J connectivity index is 1.84. The van der Waals surface area contributed by atoms with E-state index in [2.05, 4.69) is 4.98 Å². The summed E-state index contributed by atoms with van der Waals surface area (Å²) in [6.07, 6.45) is 1.69. The van der Waals surface area contributed by atoms with Crippen LogP contribution in [-0.4, -0.2) is 16.8 Å². The third kappa shape index (κ3) is 4.81. The highest BCUT2D eigenvalue weighted by atomic mass is 35.5. The van der Waals surface area contributed by atoms with Gasteiger partial charge in [0.05, 0.1) is 27.3 Å². The summed E-state index contributed by atoms with van der Waals surface area (Å²) in [5.41, 5.74) is 8.84. The number of halogens is 2. The Morgan fingerprint density at radius 1 is 0.882 bits per heavy atom. The van der Waals surface area contributed by atoms with E-state index < -0.39 is 5.91 Å². The molecular formula is C27H21Cl2N3O2. The molecule has 5 nitrogen and oxygen atoms in total. The number of primary amides is 1. The molecule has 0 radical (unpaired) electrons. The van der Waals surface area contributed by atoms with Crippen LogP contribution in [0.2, 0.25) is 10.0 Å². The molecule has 7 heteroatoms. The van der Waals surface area contributed by atoms with Gasteiger partial charge in [-0.1, -0.05) is 59.6 Å². The van der Waals surface area contributed by atoms with E-state index >= 15 is 0 Å². The highest BCUT2D eigenvalue weighted by Gasteiger charge is 2.26. The first-order valence-corrected chi connectivity index (χ1v) is 11.3. The molecule has 0 bridgehead atoms. The minimum atomic E-state index is -0.656. The van der Waals surface area contributed by atoms with E-state index in [1.54, 1.807) is 29.3 Å². The van der Waals surface area contributed by atoms with Crippen LogP contribution >= 0.6 is 23.2 Å². The van der Waals surface area contributed by atoms with Crippen LogP contribution in [0.15, 0.2) is 91.1 Å². The Hall–Kier alpha value is -3.67. The van der Waals surface area contributed by atoms with Gasteiger partial charge in [-0.2, -0.15) is 0 Å². The van der Waals surface area contributed by atoms with Crippen molar-refractivity contribution in [1.29, 1.82) is 0 Å². The van der Waals surface area contributed by atoms with E-state index in [4.69, 9.17) is 28.9 Å². The molecule has 1 heterocycles. The van der Waals surface area contributed by atoms with E-state index in [0.29, 0.717) is 27.5 Å². The third-order valence-corrected chi connectivity index (χ3v) is 6.18. The van der Waals surface area contributed by atoms with Crippen molar-refractivity contribution >= 4 is 40.7 Å². The number of rotatable bonds is 6. The molecular weight excluding hydrogens is 469 g/mol. The number of nitrogens with zero attached hydrogens (tertiary/aromatic N) is 2. The van der Waals surface area contributed by atoms with Crippen LogP contribution in [0.25, 0.3) is 11.3 Å². The van der Waals surface area contributed by atoms with Crippen molar-refractivity contribution in [3.8, 4) is 11.3 Å². The second-order valence-electron chi connectivity index (χ2n) is 7.70. The number of benzene rings is 3. The van der Waals surface area contributed by atoms with Crippen LogP contribution in [0.1, 0.15) is 39.2 Å². The van der Waals surface area contributed by atoms with Crippen LogP contribution in [0, 0.1) is 0 Å². The molecule has 4 rings (SSSR count). The number of aromatic nitrogens is 1. The molecule has 0 aliphatic rings. The summed E-state index contributed by atoms with van der Waals surface area (Å²) < 4.78 is 0. The lowest BCUT2D eigenvalue weighted by molar-refractivity contribution is 0.0973. The second-order valence-corrected chi connectivity index (χ2v) is 8.51. The first-order chi connectivity index (χ1) is 16.4. The molecule has 0 spiro atoms. The predicted octanol–water partition coefficient (Wildman–Crippen LogP) is 6.56. The molecule has 34 heavy (non-hydrogen) atoms. The number of carbonyl (C=O) groups is 2. The molecule has 0 saturated heterocycles. The molecule has 170 valence electrons. The van der Waals surface area contributed by atoms with E-state index in [9.17, 15) is 9.59 Å². The zero-order chi connectivity index (χ0) is 24.2. The summed E-state index contributed by atoms with van der Waals surface area (Å²) in [7, 11) is 0. The summed E-state index contributed by atoms with van der Waals surface area (Å²) in [4.78, 5) is 31.5. The zero-order valence-corrected chi connectivity index (χ0v) is 19.8. The number of pyridine rings is 1. The molecule has 0 aliphatic heterocycles. The van der Waals surface area contributed by atoms with Gasteiger partial charge in [0.1, 0.15) is 0 Å². The average Bonchev–Trinajstić information content (AvgIpc) is 2.85. The molecule has 1 unspecified atom stereocenters. The summed E-state index contributed by atoms with van der Waals surface area (Å²) in [6.45, 7) is 1.95. The van der Waals surface area contributed by atoms with Crippen LogP contribution in [0.4, 0.5) is 5.69 Å². The Morgan fingerprint density at radius 3 is 2.26 bits per heavy atom. The topological polar surface area (TPSA) is 76.3 Å². The molecule has 3 aromatic carbocycles. The molecule has 2 N–H and O–H groups in total. The average molecular weight is 490 g/mol. The van der Waals surface area contributed by atoms with Crippen molar-refractivity contribution in [1.82, 2.24) is 4.98 Å². The molecule has 2 amide bonds. The fourth-order valence-corrected chi connectivity index (χ4v) is 4.25. The number of amides is 2. The molecule has 1 atom stereocenters. The van der Waals surface area contributed by atoms with Gasteiger partial charge in [0.15, 0.2) is 0 Å². The quantitative estimate of drug-likeness (QED) is 0.333. The summed E-state index contributed by atoms with van der Waals surface area (Å²) in [5, 5.41) is 0.645. The highest BCUT2D eigenvalue weighted by molar-refractivity contribution is 6.34. The van der Waals surface area contributed by atoms with Crippen molar-refractivity contribution < 1.29 is 9.59 Å². The fraction of sp³-hybridized carbons (Fsp3) is 0.0741. The van der Waals surface area contributed by atoms with Crippen LogP contribution in [-0.2, 0) is 0 Å². The van der Waals surface area contributed by atoms with Gasteiger partial charge in [-0.15, -0.1) is 0 Å². The zero-order valence-electron chi connectivity index (χ0n) is 18.3. The highest BCUT2D eigenvalue weighted by Crippen LogP contribution is 2.35. The summed E-state index contributed by atoms with van der Waals surface area (Å²) >= 11 is 12.7. The molecule has 4 aromatic rings. The van der Waals surface area contributed by atoms with Crippen LogP contribution in [0.3, 0.4) is 0 Å². The number of hydrogen-bond acceptors (Lipinski definition) is 3. The van der Waals surface area contributed by atoms with Gasteiger partial charge in [-0.25, -0.2) is 0 Å². The predicted molar refractivity (Wildman–Crippen MR) is 136 cm³/mol. The standard InChI is InChI=1S/C27H21Cl2N3O2/c1-17(18-7-3-2-4-8-18)32(27(34)19-10-12-21(26(30)33)24(29)15-19)20-11-13-23(28)22(16-20)25-9-5-6-14-31-25/h2-17H,1H3,(H2,30,33). The first-order valence-electron chi connectivity index (χ1n) is 10.6. The third-order valence-electron chi connectivity index (χ3n) is 5.54. The monoisotopic (exact) mass is 489 g/mol. The maximum atomic E-state index is 13.8. The van der Waals surface area contributed by atoms with Gasteiger partial charge in [0, 0.05) is 23.0 Å². The lowest BCUT2D eigenvalue weighted by Gasteiger charge is -2.30. The smallest absolute Gasteiger partial charge is 0.258 e. The molecule has 0 aliphatic carbocycles. The summed E-state index contributed by atoms with van der Waals surface area (Å²) in [5.74, 6) is -0.945. The van der Waals surface area contributed by atoms with Gasteiger partial charge in [-0.05, 0) is 61.0 Å². The number of hydrogen-bond donors (Lipinski definition) is 1. The molecule has 0 fully saturated rings. The van der Waals surface area contributed by atoms with E-state index in [1.807, 2.05) is 61.5 Å². The van der Waals surface area contributed by atoms with Crippen molar-refractivity contribution in [3.05, 3.63) is 118 Å². The SMILES string of the molecule is CC(c1ccccc1)N(C(=O)c1ccc(C(N)=O)c(Cl)c1)c1ccc(Cl)c(-c2ccccn2)c1. The maximum Gasteiger partial charge on any atom is 0.258 e. The van der Waals surface area contributed by atoms with Crippen molar-refractivity contribution in [2.75, 3.05) is 4.90 Å². The Morgan fingerprint density at radius 2 is 1.62 bits per heavy atom. The maximum absolute atomic E-state index is 13.8. The Kier molecular flexibility index (Phi) is 6.96. The van der Waals surface area contributed by atoms with Gasteiger partial charge >= 0.3 is 0 Å². The lowest BCUT2D eigenvalue weighted by Crippen LogP contribution is -2.33.